The lowest BCUT2D eigenvalue weighted by Crippen LogP contribution is -2.30. The number of hydrogen-bond donors (Lipinski definition) is 3. The van der Waals surface area contributed by atoms with Crippen molar-refractivity contribution >= 4 is 7.82 Å². The SMILES string of the molecule is CNC(CC(Oc1ccc(OC(F)(F)F)cc1)c1ccccc1)OP(=O)(O)O. The fourth-order valence-electron chi connectivity index (χ4n) is 2.38. The highest BCUT2D eigenvalue weighted by Gasteiger charge is 2.31. The first-order chi connectivity index (χ1) is 13.1. The highest BCUT2D eigenvalue weighted by molar-refractivity contribution is 7.46. The molecule has 28 heavy (non-hydrogen) atoms. The normalized spacial score (nSPS) is 14.4. The van der Waals surface area contributed by atoms with E-state index in [1.54, 1.807) is 30.3 Å². The van der Waals surface area contributed by atoms with Gasteiger partial charge in [-0.2, -0.15) is 0 Å². The molecule has 0 spiro atoms. The zero-order valence-electron chi connectivity index (χ0n) is 14.7. The van der Waals surface area contributed by atoms with Crippen LogP contribution in [0.1, 0.15) is 18.1 Å². The number of alkyl halides is 3. The number of benzene rings is 2. The van der Waals surface area contributed by atoms with E-state index in [0.29, 0.717) is 5.56 Å². The third kappa shape index (κ3) is 7.87. The number of nitrogens with one attached hydrogen (secondary N) is 1. The van der Waals surface area contributed by atoms with E-state index in [0.717, 1.165) is 12.1 Å². The molecule has 2 aromatic carbocycles. The Bertz CT molecular complexity index is 782. The smallest absolute Gasteiger partial charge is 0.486 e. The van der Waals surface area contributed by atoms with Crippen LogP contribution in [-0.4, -0.2) is 29.4 Å². The lowest BCUT2D eigenvalue weighted by molar-refractivity contribution is -0.274. The Morgan fingerprint density at radius 3 is 2.11 bits per heavy atom. The summed E-state index contributed by atoms with van der Waals surface area (Å²) in [6.45, 7) is 0. The second-order valence-corrected chi connectivity index (χ2v) is 6.84. The summed E-state index contributed by atoms with van der Waals surface area (Å²) in [5.41, 5.74) is 0.688. The minimum Gasteiger partial charge on any atom is -0.486 e. The number of rotatable bonds is 9. The van der Waals surface area contributed by atoms with Crippen molar-refractivity contribution in [3.05, 3.63) is 60.2 Å². The van der Waals surface area contributed by atoms with E-state index >= 15 is 0 Å². The standard InChI is InChI=1S/C17H19F3NO6P/c1-21-16(27-28(22,23)24)11-15(12-5-3-2-4-6-12)25-13-7-9-14(10-8-13)26-17(18,19)20/h2-10,15-16,21H,11H2,1H3,(H2,22,23,24). The van der Waals surface area contributed by atoms with Gasteiger partial charge in [0.1, 0.15) is 23.8 Å². The minimum absolute atomic E-state index is 0.0203. The maximum absolute atomic E-state index is 12.3. The van der Waals surface area contributed by atoms with Crippen LogP contribution in [0.3, 0.4) is 0 Å². The summed E-state index contributed by atoms with van der Waals surface area (Å²) in [6.07, 6.45) is -6.50. The third-order valence-electron chi connectivity index (χ3n) is 3.52. The molecule has 0 saturated heterocycles. The molecule has 2 atom stereocenters. The quantitative estimate of drug-likeness (QED) is 0.419. The Balaban J connectivity index is 2.17. The average Bonchev–Trinajstić information content (AvgIpc) is 2.60. The molecule has 0 radical (unpaired) electrons. The molecule has 11 heteroatoms. The van der Waals surface area contributed by atoms with Crippen LogP contribution in [0.15, 0.2) is 54.6 Å². The molecule has 0 fully saturated rings. The molecule has 3 N–H and O–H groups in total. The molecule has 154 valence electrons. The topological polar surface area (TPSA) is 97.2 Å². The third-order valence-corrected chi connectivity index (χ3v) is 4.05. The lowest BCUT2D eigenvalue weighted by Gasteiger charge is -2.25. The molecule has 0 amide bonds. The fourth-order valence-corrected chi connectivity index (χ4v) is 2.90. The maximum atomic E-state index is 12.3. The Morgan fingerprint density at radius 2 is 1.61 bits per heavy atom. The molecule has 0 bridgehead atoms. The number of ether oxygens (including phenoxy) is 2. The molecule has 0 aliphatic rings. The van der Waals surface area contributed by atoms with Crippen LogP contribution in [0.25, 0.3) is 0 Å². The molecule has 2 aromatic rings. The summed E-state index contributed by atoms with van der Waals surface area (Å²) < 4.78 is 62.2. The Hall–Kier alpha value is -2.10. The highest BCUT2D eigenvalue weighted by atomic mass is 31.2. The molecular weight excluding hydrogens is 402 g/mol. The molecule has 0 aliphatic carbocycles. The Labute approximate surface area is 159 Å². The van der Waals surface area contributed by atoms with E-state index in [1.165, 1.54) is 19.2 Å². The van der Waals surface area contributed by atoms with Crippen molar-refractivity contribution in [3.63, 3.8) is 0 Å². The van der Waals surface area contributed by atoms with Crippen LogP contribution in [0.4, 0.5) is 13.2 Å². The summed E-state index contributed by atoms with van der Waals surface area (Å²) in [5, 5.41) is 2.64. The van der Waals surface area contributed by atoms with Crippen LogP contribution >= 0.6 is 7.82 Å². The van der Waals surface area contributed by atoms with Crippen LogP contribution in [0, 0.1) is 0 Å². The van der Waals surface area contributed by atoms with Gasteiger partial charge >= 0.3 is 14.2 Å². The van der Waals surface area contributed by atoms with Crippen molar-refractivity contribution in [1.82, 2.24) is 5.32 Å². The summed E-state index contributed by atoms with van der Waals surface area (Å²) in [6, 6.07) is 13.6. The average molecular weight is 421 g/mol. The second kappa shape index (κ2) is 9.40. The molecule has 0 aliphatic heterocycles. The van der Waals surface area contributed by atoms with Gasteiger partial charge in [0.25, 0.3) is 0 Å². The van der Waals surface area contributed by atoms with Gasteiger partial charge in [-0.3, -0.25) is 9.84 Å². The van der Waals surface area contributed by atoms with Gasteiger partial charge in [0.15, 0.2) is 0 Å². The first-order valence-corrected chi connectivity index (χ1v) is 9.57. The summed E-state index contributed by atoms with van der Waals surface area (Å²) >= 11 is 0. The van der Waals surface area contributed by atoms with E-state index in [4.69, 9.17) is 14.5 Å². The molecule has 0 saturated carbocycles. The maximum Gasteiger partial charge on any atom is 0.573 e. The van der Waals surface area contributed by atoms with Crippen molar-refractivity contribution in [2.24, 2.45) is 0 Å². The zero-order valence-corrected chi connectivity index (χ0v) is 15.6. The van der Waals surface area contributed by atoms with Gasteiger partial charge in [-0.1, -0.05) is 30.3 Å². The first-order valence-electron chi connectivity index (χ1n) is 8.04. The Morgan fingerprint density at radius 1 is 1.04 bits per heavy atom. The predicted molar refractivity (Wildman–Crippen MR) is 93.5 cm³/mol. The predicted octanol–water partition coefficient (Wildman–Crippen LogP) is 3.75. The van der Waals surface area contributed by atoms with E-state index in [-0.39, 0.29) is 12.2 Å². The molecular formula is C17H19F3NO6P. The van der Waals surface area contributed by atoms with Gasteiger partial charge in [0.05, 0.1) is 0 Å². The van der Waals surface area contributed by atoms with E-state index < -0.39 is 32.3 Å². The summed E-state index contributed by atoms with van der Waals surface area (Å²) in [7, 11) is -3.27. The summed E-state index contributed by atoms with van der Waals surface area (Å²) in [5.74, 6) is -0.150. The monoisotopic (exact) mass is 421 g/mol. The van der Waals surface area contributed by atoms with Gasteiger partial charge in [-0.25, -0.2) is 4.57 Å². The molecule has 7 nitrogen and oxygen atoms in total. The fraction of sp³-hybridized carbons (Fsp3) is 0.294. The van der Waals surface area contributed by atoms with E-state index in [9.17, 15) is 17.7 Å². The van der Waals surface area contributed by atoms with Gasteiger partial charge < -0.3 is 19.3 Å². The van der Waals surface area contributed by atoms with Gasteiger partial charge in [-0.05, 0) is 36.9 Å². The van der Waals surface area contributed by atoms with E-state index in [1.807, 2.05) is 0 Å². The lowest BCUT2D eigenvalue weighted by atomic mass is 10.1. The molecule has 0 heterocycles. The molecule has 2 unspecified atom stereocenters. The van der Waals surface area contributed by atoms with Crippen molar-refractivity contribution in [2.75, 3.05) is 7.05 Å². The Kier molecular flexibility index (Phi) is 7.45. The van der Waals surface area contributed by atoms with Crippen LogP contribution < -0.4 is 14.8 Å². The minimum atomic E-state index is -4.80. The number of phosphoric ester groups is 1. The highest BCUT2D eigenvalue weighted by Crippen LogP contribution is 2.39. The summed E-state index contributed by atoms with van der Waals surface area (Å²) in [4.78, 5) is 18.0. The largest absolute Gasteiger partial charge is 0.573 e. The van der Waals surface area contributed by atoms with E-state index in [2.05, 4.69) is 14.6 Å². The van der Waals surface area contributed by atoms with Crippen molar-refractivity contribution in [3.8, 4) is 11.5 Å². The zero-order chi connectivity index (χ0) is 20.8. The van der Waals surface area contributed by atoms with Gasteiger partial charge in [0.2, 0.25) is 0 Å². The van der Waals surface area contributed by atoms with Crippen molar-refractivity contribution < 1.29 is 41.5 Å². The van der Waals surface area contributed by atoms with Crippen LogP contribution in [0.5, 0.6) is 11.5 Å². The van der Waals surface area contributed by atoms with Crippen LogP contribution in [0.2, 0.25) is 0 Å². The van der Waals surface area contributed by atoms with Crippen LogP contribution in [-0.2, 0) is 9.09 Å². The number of halogens is 3. The first kappa shape index (κ1) is 22.2. The number of hydrogen-bond acceptors (Lipinski definition) is 5. The van der Waals surface area contributed by atoms with Gasteiger partial charge in [0, 0.05) is 6.42 Å². The van der Waals surface area contributed by atoms with Crippen molar-refractivity contribution in [2.45, 2.75) is 25.1 Å². The second-order valence-electron chi connectivity index (χ2n) is 5.65. The molecule has 2 rings (SSSR count). The van der Waals surface area contributed by atoms with Crippen molar-refractivity contribution in [1.29, 1.82) is 0 Å². The number of phosphoric acid groups is 1. The van der Waals surface area contributed by atoms with Gasteiger partial charge in [-0.15, -0.1) is 13.2 Å². The molecule has 0 aromatic heterocycles.